The topological polar surface area (TPSA) is 9.86 Å². The van der Waals surface area contributed by atoms with Crippen molar-refractivity contribution in [3.8, 4) is 33.6 Å². The van der Waals surface area contributed by atoms with E-state index in [1.54, 1.807) is 0 Å². The zero-order valence-electron chi connectivity index (χ0n) is 30.4. The summed E-state index contributed by atoms with van der Waals surface area (Å²) in [6, 6.07) is 66.4. The first-order chi connectivity index (χ1) is 26.6. The summed E-state index contributed by atoms with van der Waals surface area (Å²) in [6.45, 7) is 4.34. The molecule has 0 spiro atoms. The van der Waals surface area contributed by atoms with Gasteiger partial charge >= 0.3 is 0 Å². The Hall–Kier alpha value is -6.90. The molecule has 2 aromatic heterocycles. The van der Waals surface area contributed by atoms with Crippen molar-refractivity contribution < 1.29 is 0 Å². The molecule has 0 aliphatic carbocycles. The Kier molecular flexibility index (Phi) is 7.63. The highest BCUT2D eigenvalue weighted by Crippen LogP contribution is 2.35. The van der Waals surface area contributed by atoms with E-state index in [0.717, 1.165) is 0 Å². The zero-order chi connectivity index (χ0) is 36.2. The quantitative estimate of drug-likeness (QED) is 0.154. The minimum atomic E-state index is 1.17. The van der Waals surface area contributed by atoms with Gasteiger partial charge in [-0.2, -0.15) is 0 Å². The fraction of sp³-hybridized carbons (Fsp3) is 0.0385. The SMILES string of the molecule is Cc1ccc2c(c1)c1cc(C)ccc1n2-c1cccc(-c2ccc(/C=C/c3ccc(-c4ccc(-n5c6ccccc6c6ccccc65)cc4)cc3)cc2)c1. The highest BCUT2D eigenvalue weighted by atomic mass is 15.0. The number of para-hydroxylation sites is 2. The van der Waals surface area contributed by atoms with Crippen molar-refractivity contribution in [2.24, 2.45) is 0 Å². The smallest absolute Gasteiger partial charge is 0.0541 e. The highest BCUT2D eigenvalue weighted by molar-refractivity contribution is 6.10. The lowest BCUT2D eigenvalue weighted by Gasteiger charge is -2.11. The molecule has 0 saturated carbocycles. The van der Waals surface area contributed by atoms with Gasteiger partial charge in [-0.25, -0.2) is 0 Å². The normalized spacial score (nSPS) is 11.8. The highest BCUT2D eigenvalue weighted by Gasteiger charge is 2.14. The van der Waals surface area contributed by atoms with Gasteiger partial charge in [-0.15, -0.1) is 0 Å². The average molecular weight is 691 g/mol. The second-order valence-electron chi connectivity index (χ2n) is 14.4. The summed E-state index contributed by atoms with van der Waals surface area (Å²) in [5.74, 6) is 0. The Labute approximate surface area is 315 Å². The van der Waals surface area contributed by atoms with Crippen LogP contribution < -0.4 is 0 Å². The average Bonchev–Trinajstić information content (AvgIpc) is 3.73. The maximum atomic E-state index is 2.40. The molecule has 2 heteroatoms. The van der Waals surface area contributed by atoms with E-state index in [1.807, 2.05) is 0 Å². The van der Waals surface area contributed by atoms with Crippen molar-refractivity contribution in [1.82, 2.24) is 9.13 Å². The van der Waals surface area contributed by atoms with Crippen LogP contribution in [0.2, 0.25) is 0 Å². The summed E-state index contributed by atoms with van der Waals surface area (Å²) in [7, 11) is 0. The lowest BCUT2D eigenvalue weighted by molar-refractivity contribution is 1.18. The molecule has 2 nitrogen and oxygen atoms in total. The monoisotopic (exact) mass is 690 g/mol. The number of nitrogens with zero attached hydrogens (tertiary/aromatic N) is 2. The van der Waals surface area contributed by atoms with Gasteiger partial charge in [0.15, 0.2) is 0 Å². The molecule has 0 radical (unpaired) electrons. The van der Waals surface area contributed by atoms with Crippen LogP contribution in [0.15, 0.2) is 182 Å². The Bertz CT molecular complexity index is 2910. The first kappa shape index (κ1) is 31.8. The summed E-state index contributed by atoms with van der Waals surface area (Å²) in [5.41, 5.74) is 17.0. The fourth-order valence-electron chi connectivity index (χ4n) is 8.12. The van der Waals surface area contributed by atoms with E-state index < -0.39 is 0 Å². The van der Waals surface area contributed by atoms with Crippen LogP contribution in [-0.2, 0) is 0 Å². The molecule has 0 saturated heterocycles. The van der Waals surface area contributed by atoms with Crippen molar-refractivity contribution >= 4 is 55.8 Å². The number of hydrogen-bond acceptors (Lipinski definition) is 0. The number of rotatable bonds is 6. The van der Waals surface area contributed by atoms with Gasteiger partial charge in [-0.05, 0) is 108 Å². The summed E-state index contributed by atoms with van der Waals surface area (Å²) < 4.78 is 4.76. The summed E-state index contributed by atoms with van der Waals surface area (Å²) in [4.78, 5) is 0. The lowest BCUT2D eigenvalue weighted by atomic mass is 10.0. The van der Waals surface area contributed by atoms with Crippen molar-refractivity contribution in [2.45, 2.75) is 13.8 Å². The maximum Gasteiger partial charge on any atom is 0.0541 e. The predicted octanol–water partition coefficient (Wildman–Crippen LogP) is 14.0. The van der Waals surface area contributed by atoms with E-state index >= 15 is 0 Å². The van der Waals surface area contributed by atoms with E-state index in [2.05, 4.69) is 217 Å². The summed E-state index contributed by atoms with van der Waals surface area (Å²) >= 11 is 0. The molecule has 0 fully saturated rings. The van der Waals surface area contributed by atoms with Gasteiger partial charge in [-0.1, -0.05) is 145 Å². The van der Waals surface area contributed by atoms with Crippen LogP contribution in [-0.4, -0.2) is 9.13 Å². The van der Waals surface area contributed by atoms with Crippen LogP contribution in [0.25, 0.3) is 89.4 Å². The molecule has 54 heavy (non-hydrogen) atoms. The molecule has 0 unspecified atom stereocenters. The van der Waals surface area contributed by atoms with E-state index in [0.29, 0.717) is 0 Å². The van der Waals surface area contributed by atoms with Crippen molar-refractivity contribution in [2.75, 3.05) is 0 Å². The van der Waals surface area contributed by atoms with Gasteiger partial charge in [0.25, 0.3) is 0 Å². The van der Waals surface area contributed by atoms with Crippen LogP contribution in [0, 0.1) is 13.8 Å². The van der Waals surface area contributed by atoms with Gasteiger partial charge in [-0.3, -0.25) is 0 Å². The summed E-state index contributed by atoms with van der Waals surface area (Å²) in [5, 5.41) is 5.16. The van der Waals surface area contributed by atoms with Crippen LogP contribution in [0.4, 0.5) is 0 Å². The first-order valence-electron chi connectivity index (χ1n) is 18.7. The van der Waals surface area contributed by atoms with Crippen LogP contribution in [0.3, 0.4) is 0 Å². The lowest BCUT2D eigenvalue weighted by Crippen LogP contribution is -1.94. The number of fused-ring (bicyclic) bond motifs is 6. The van der Waals surface area contributed by atoms with E-state index in [4.69, 9.17) is 0 Å². The molecule has 2 heterocycles. The van der Waals surface area contributed by atoms with Gasteiger partial charge in [0.2, 0.25) is 0 Å². The molecular formula is C52H38N2. The van der Waals surface area contributed by atoms with Crippen molar-refractivity contribution in [3.05, 3.63) is 204 Å². The maximum absolute atomic E-state index is 2.40. The van der Waals surface area contributed by atoms with E-state index in [-0.39, 0.29) is 0 Å². The minimum Gasteiger partial charge on any atom is -0.309 e. The predicted molar refractivity (Wildman–Crippen MR) is 231 cm³/mol. The van der Waals surface area contributed by atoms with Gasteiger partial charge in [0, 0.05) is 32.9 Å². The van der Waals surface area contributed by atoms with Crippen molar-refractivity contribution in [1.29, 1.82) is 0 Å². The Morgan fingerprint density at radius 1 is 0.315 bits per heavy atom. The van der Waals surface area contributed by atoms with Gasteiger partial charge in [0.1, 0.15) is 0 Å². The van der Waals surface area contributed by atoms with Gasteiger partial charge < -0.3 is 9.13 Å². The molecule has 10 rings (SSSR count). The van der Waals surface area contributed by atoms with Crippen LogP contribution in [0.5, 0.6) is 0 Å². The molecule has 8 aromatic carbocycles. The third-order valence-electron chi connectivity index (χ3n) is 10.8. The summed E-state index contributed by atoms with van der Waals surface area (Å²) in [6.07, 6.45) is 4.38. The number of benzene rings is 8. The van der Waals surface area contributed by atoms with E-state index in [9.17, 15) is 0 Å². The molecule has 0 aliphatic rings. The number of hydrogen-bond donors (Lipinski definition) is 0. The molecule has 0 amide bonds. The Balaban J connectivity index is 0.871. The molecule has 0 bridgehead atoms. The first-order valence-corrected chi connectivity index (χ1v) is 18.7. The fourth-order valence-corrected chi connectivity index (χ4v) is 8.12. The third kappa shape index (κ3) is 5.52. The second-order valence-corrected chi connectivity index (χ2v) is 14.4. The molecule has 0 N–H and O–H groups in total. The molecular weight excluding hydrogens is 653 g/mol. The third-order valence-corrected chi connectivity index (χ3v) is 10.8. The molecule has 0 aliphatic heterocycles. The van der Waals surface area contributed by atoms with Crippen LogP contribution in [0.1, 0.15) is 22.3 Å². The second kappa shape index (κ2) is 12.9. The molecule has 10 aromatic rings. The van der Waals surface area contributed by atoms with Crippen LogP contribution >= 0.6 is 0 Å². The minimum absolute atomic E-state index is 1.17. The largest absolute Gasteiger partial charge is 0.309 e. The van der Waals surface area contributed by atoms with Gasteiger partial charge in [0.05, 0.1) is 22.1 Å². The van der Waals surface area contributed by atoms with Crippen molar-refractivity contribution in [3.63, 3.8) is 0 Å². The molecule has 0 atom stereocenters. The number of aromatic nitrogens is 2. The standard InChI is InChI=1S/C52H38N2/c1-35-14-30-51-47(32-35)48-33-36(2)15-31-52(48)54(51)44-9-7-8-42(34-44)41-24-20-38(21-25-41)17-16-37-18-22-39(23-19-37)40-26-28-43(29-27-40)53-49-12-5-3-10-45(49)46-11-4-6-13-50(46)53/h3-34H,1-2H3/b17-16+. The Morgan fingerprint density at radius 3 is 1.30 bits per heavy atom. The Morgan fingerprint density at radius 2 is 0.759 bits per heavy atom. The molecule has 256 valence electrons. The zero-order valence-corrected chi connectivity index (χ0v) is 30.4. The van der Waals surface area contributed by atoms with E-state index in [1.165, 1.54) is 99.5 Å². The number of aryl methyl sites for hydroxylation is 2.